The van der Waals surface area contributed by atoms with Gasteiger partial charge in [0.15, 0.2) is 0 Å². The SMILES string of the molecule is C1=CC2NC=CN2N=C1. The van der Waals surface area contributed by atoms with Crippen molar-refractivity contribution in [3.63, 3.8) is 0 Å². The summed E-state index contributed by atoms with van der Waals surface area (Å²) in [6.07, 6.45) is 9.81. The van der Waals surface area contributed by atoms with Crippen LogP contribution in [0.15, 0.2) is 29.7 Å². The van der Waals surface area contributed by atoms with E-state index in [1.165, 1.54) is 0 Å². The van der Waals surface area contributed by atoms with Crippen LogP contribution in [0.3, 0.4) is 0 Å². The number of nitrogens with zero attached hydrogens (tertiary/aromatic N) is 2. The smallest absolute Gasteiger partial charge is 0.139 e. The number of rotatable bonds is 0. The molecular weight excluding hydrogens is 114 g/mol. The molecule has 2 heterocycles. The molecule has 3 nitrogen and oxygen atoms in total. The lowest BCUT2D eigenvalue weighted by atomic mass is 10.4. The van der Waals surface area contributed by atoms with E-state index in [1.807, 2.05) is 29.6 Å². The van der Waals surface area contributed by atoms with Gasteiger partial charge in [0.05, 0.1) is 0 Å². The number of nitrogens with one attached hydrogen (secondary N) is 1. The van der Waals surface area contributed by atoms with Gasteiger partial charge < -0.3 is 5.32 Å². The van der Waals surface area contributed by atoms with Gasteiger partial charge in [-0.25, -0.2) is 5.01 Å². The van der Waals surface area contributed by atoms with Crippen molar-refractivity contribution < 1.29 is 0 Å². The van der Waals surface area contributed by atoms with Crippen LogP contribution in [0.5, 0.6) is 0 Å². The zero-order valence-corrected chi connectivity index (χ0v) is 4.86. The van der Waals surface area contributed by atoms with E-state index in [1.54, 1.807) is 6.21 Å². The summed E-state index contributed by atoms with van der Waals surface area (Å²) in [5, 5.41) is 9.03. The highest BCUT2D eigenvalue weighted by molar-refractivity contribution is 5.71. The number of hydrazone groups is 1. The van der Waals surface area contributed by atoms with Gasteiger partial charge in [0.1, 0.15) is 6.17 Å². The zero-order valence-electron chi connectivity index (χ0n) is 4.86. The molecule has 0 aliphatic carbocycles. The molecule has 1 unspecified atom stereocenters. The van der Waals surface area contributed by atoms with Crippen LogP contribution < -0.4 is 5.32 Å². The summed E-state index contributed by atoms with van der Waals surface area (Å²) in [5.41, 5.74) is 0. The molecule has 0 radical (unpaired) electrons. The van der Waals surface area contributed by atoms with Crippen LogP contribution in [0, 0.1) is 0 Å². The molecule has 0 saturated heterocycles. The van der Waals surface area contributed by atoms with E-state index in [0.29, 0.717) is 0 Å². The Hall–Kier alpha value is -1.25. The Morgan fingerprint density at radius 2 is 2.56 bits per heavy atom. The second-order valence-electron chi connectivity index (χ2n) is 1.96. The van der Waals surface area contributed by atoms with Crippen LogP contribution in [-0.2, 0) is 0 Å². The Kier molecular flexibility index (Phi) is 0.828. The fourth-order valence-electron chi connectivity index (χ4n) is 0.912. The summed E-state index contributed by atoms with van der Waals surface area (Å²) in [6, 6.07) is 0. The Bertz CT molecular complexity index is 192. The lowest BCUT2D eigenvalue weighted by Gasteiger charge is -2.18. The first-order valence-corrected chi connectivity index (χ1v) is 2.89. The molecule has 9 heavy (non-hydrogen) atoms. The summed E-state index contributed by atoms with van der Waals surface area (Å²) in [7, 11) is 0. The molecule has 2 aliphatic rings. The van der Waals surface area contributed by atoms with Crippen molar-refractivity contribution in [3.8, 4) is 0 Å². The van der Waals surface area contributed by atoms with Crippen LogP contribution in [0.25, 0.3) is 0 Å². The summed E-state index contributed by atoms with van der Waals surface area (Å²) >= 11 is 0. The topological polar surface area (TPSA) is 27.6 Å². The minimum absolute atomic E-state index is 0.259. The Balaban J connectivity index is 2.25. The van der Waals surface area contributed by atoms with Gasteiger partial charge in [-0.05, 0) is 12.2 Å². The van der Waals surface area contributed by atoms with Crippen molar-refractivity contribution >= 4 is 6.21 Å². The van der Waals surface area contributed by atoms with Gasteiger partial charge >= 0.3 is 0 Å². The second-order valence-corrected chi connectivity index (χ2v) is 1.96. The molecule has 0 aromatic rings. The van der Waals surface area contributed by atoms with E-state index in [2.05, 4.69) is 10.4 Å². The molecule has 1 N–H and O–H groups in total. The number of allylic oxidation sites excluding steroid dienone is 1. The van der Waals surface area contributed by atoms with Crippen LogP contribution in [0.4, 0.5) is 0 Å². The molecule has 2 aliphatic heterocycles. The quantitative estimate of drug-likeness (QED) is 0.497. The maximum absolute atomic E-state index is 4.06. The van der Waals surface area contributed by atoms with E-state index >= 15 is 0 Å². The summed E-state index contributed by atoms with van der Waals surface area (Å²) in [4.78, 5) is 0. The normalized spacial score (nSPS) is 28.4. The second kappa shape index (κ2) is 1.62. The number of hydrogen-bond acceptors (Lipinski definition) is 3. The maximum atomic E-state index is 4.06. The first-order chi connectivity index (χ1) is 4.47. The van der Waals surface area contributed by atoms with Gasteiger partial charge in [0.2, 0.25) is 0 Å². The standard InChI is InChI=1S/C6H7N3/c1-2-6-7-4-5-9(6)8-3-1/h1-7H. The van der Waals surface area contributed by atoms with Crippen molar-refractivity contribution in [2.75, 3.05) is 0 Å². The van der Waals surface area contributed by atoms with Crippen LogP contribution in [0.2, 0.25) is 0 Å². The lowest BCUT2D eigenvalue weighted by Crippen LogP contribution is -2.31. The third-order valence-electron chi connectivity index (χ3n) is 1.36. The predicted molar refractivity (Wildman–Crippen MR) is 35.5 cm³/mol. The van der Waals surface area contributed by atoms with Crippen LogP contribution in [0.1, 0.15) is 0 Å². The molecule has 0 amide bonds. The molecule has 0 saturated carbocycles. The molecular formula is C6H7N3. The van der Waals surface area contributed by atoms with Gasteiger partial charge in [-0.1, -0.05) is 0 Å². The van der Waals surface area contributed by atoms with E-state index in [4.69, 9.17) is 0 Å². The molecule has 0 bridgehead atoms. The van der Waals surface area contributed by atoms with Crippen molar-refractivity contribution in [3.05, 3.63) is 24.6 Å². The largest absolute Gasteiger partial charge is 0.365 e. The van der Waals surface area contributed by atoms with E-state index in [0.717, 1.165) is 0 Å². The molecule has 0 fully saturated rings. The molecule has 0 aromatic carbocycles. The highest BCUT2D eigenvalue weighted by atomic mass is 15.5. The zero-order chi connectivity index (χ0) is 6.10. The van der Waals surface area contributed by atoms with Gasteiger partial charge in [-0.15, -0.1) is 0 Å². The molecule has 3 heteroatoms. The Morgan fingerprint density at radius 1 is 1.56 bits per heavy atom. The lowest BCUT2D eigenvalue weighted by molar-refractivity contribution is 0.340. The molecule has 0 spiro atoms. The van der Waals surface area contributed by atoms with Crippen molar-refractivity contribution in [1.29, 1.82) is 0 Å². The van der Waals surface area contributed by atoms with Gasteiger partial charge in [0.25, 0.3) is 0 Å². The monoisotopic (exact) mass is 121 g/mol. The first kappa shape index (κ1) is 4.61. The van der Waals surface area contributed by atoms with Gasteiger partial charge in [-0.3, -0.25) is 0 Å². The maximum Gasteiger partial charge on any atom is 0.139 e. The highest BCUT2D eigenvalue weighted by Gasteiger charge is 2.14. The van der Waals surface area contributed by atoms with E-state index in [-0.39, 0.29) is 6.17 Å². The molecule has 46 valence electrons. The third-order valence-corrected chi connectivity index (χ3v) is 1.36. The van der Waals surface area contributed by atoms with Gasteiger partial charge in [-0.2, -0.15) is 5.10 Å². The molecule has 1 atom stereocenters. The van der Waals surface area contributed by atoms with Crippen LogP contribution in [-0.4, -0.2) is 17.4 Å². The Morgan fingerprint density at radius 3 is 3.44 bits per heavy atom. The summed E-state index contributed by atoms with van der Waals surface area (Å²) in [6.45, 7) is 0. The van der Waals surface area contributed by atoms with E-state index < -0.39 is 0 Å². The molecule has 0 aromatic heterocycles. The van der Waals surface area contributed by atoms with E-state index in [9.17, 15) is 0 Å². The fourth-order valence-corrected chi connectivity index (χ4v) is 0.912. The third kappa shape index (κ3) is 0.614. The summed E-state index contributed by atoms with van der Waals surface area (Å²) < 4.78 is 0. The number of fused-ring (bicyclic) bond motifs is 1. The highest BCUT2D eigenvalue weighted by Crippen LogP contribution is 2.08. The Labute approximate surface area is 53.3 Å². The minimum atomic E-state index is 0.259. The minimum Gasteiger partial charge on any atom is -0.365 e. The number of hydrogen-bond donors (Lipinski definition) is 1. The average molecular weight is 121 g/mol. The fraction of sp³-hybridized carbons (Fsp3) is 0.167. The van der Waals surface area contributed by atoms with Crippen LogP contribution >= 0.6 is 0 Å². The molecule has 2 rings (SSSR count). The van der Waals surface area contributed by atoms with Crippen molar-refractivity contribution in [1.82, 2.24) is 10.3 Å². The summed E-state index contributed by atoms with van der Waals surface area (Å²) in [5.74, 6) is 0. The first-order valence-electron chi connectivity index (χ1n) is 2.89. The van der Waals surface area contributed by atoms with Gasteiger partial charge in [0, 0.05) is 18.6 Å². The van der Waals surface area contributed by atoms with Crippen molar-refractivity contribution in [2.45, 2.75) is 6.17 Å². The average Bonchev–Trinajstić information content (AvgIpc) is 2.33. The predicted octanol–water partition coefficient (Wildman–Crippen LogP) is 0.244. The van der Waals surface area contributed by atoms with Crippen molar-refractivity contribution in [2.24, 2.45) is 5.10 Å².